The lowest BCUT2D eigenvalue weighted by Gasteiger charge is -2.09. The number of aryl methyl sites for hydroxylation is 3. The number of aromatic nitrogens is 2. The van der Waals surface area contributed by atoms with Crippen molar-refractivity contribution in [3.63, 3.8) is 0 Å². The molecule has 0 N–H and O–H groups in total. The van der Waals surface area contributed by atoms with Gasteiger partial charge in [0.05, 0.1) is 0 Å². The van der Waals surface area contributed by atoms with E-state index in [-0.39, 0.29) is 0 Å². The monoisotopic (exact) mass is 610 g/mol. The lowest BCUT2D eigenvalue weighted by atomic mass is 9.97. The second kappa shape index (κ2) is 12.3. The molecule has 2 nitrogen and oxygen atoms in total. The van der Waals surface area contributed by atoms with Gasteiger partial charge in [-0.05, 0) is 71.8 Å². The highest BCUT2D eigenvalue weighted by atomic mass is 79.9. The number of rotatable bonds is 7. The van der Waals surface area contributed by atoms with Gasteiger partial charge >= 0.3 is 0 Å². The molecule has 4 aromatic carbocycles. The van der Waals surface area contributed by atoms with Gasteiger partial charge in [0.2, 0.25) is 0 Å². The van der Waals surface area contributed by atoms with Crippen LogP contribution in [0.5, 0.6) is 0 Å². The predicted molar refractivity (Wildman–Crippen MR) is 176 cm³/mol. The molecule has 2 heterocycles. The highest BCUT2D eigenvalue weighted by Gasteiger charge is 2.12. The Hall–Kier alpha value is -4.34. The molecule has 0 bridgehead atoms. The van der Waals surface area contributed by atoms with Crippen molar-refractivity contribution in [3.8, 4) is 33.4 Å². The van der Waals surface area contributed by atoms with Crippen LogP contribution in [0.25, 0.3) is 33.4 Å². The van der Waals surface area contributed by atoms with Crippen molar-refractivity contribution >= 4 is 15.9 Å². The Morgan fingerprint density at radius 3 is 1.31 bits per heavy atom. The molecule has 0 saturated heterocycles. The van der Waals surface area contributed by atoms with Gasteiger partial charge in [-0.2, -0.15) is 0 Å². The minimum Gasteiger partial charge on any atom is -0.200 e. The lowest BCUT2D eigenvalue weighted by molar-refractivity contribution is -0.688. The first-order chi connectivity index (χ1) is 20.4. The SMILES string of the molecule is Cc1ccccc1-c1ccc(C[n+]2ccc(-c3ccc(-c4cc[n+](Cc5ccc(Br)cc5)cc4C)cc3)c(C)c2)cc1. The molecule has 0 atom stereocenters. The van der Waals surface area contributed by atoms with Crippen LogP contribution >= 0.6 is 15.9 Å². The van der Waals surface area contributed by atoms with Crippen molar-refractivity contribution in [2.75, 3.05) is 0 Å². The Labute approximate surface area is 257 Å². The van der Waals surface area contributed by atoms with Gasteiger partial charge in [0.15, 0.2) is 37.9 Å². The van der Waals surface area contributed by atoms with E-state index in [1.54, 1.807) is 0 Å². The standard InChI is InChI=1S/C39H35BrN2/c1-28-6-4-5-7-37(28)33-12-8-31(9-13-33)26-41-22-20-38(29(2)24-41)34-14-16-35(17-15-34)39-21-23-42(25-30(39)3)27-32-10-18-36(40)19-11-32/h4-25H,26-27H2,1-3H3/q+2. The summed E-state index contributed by atoms with van der Waals surface area (Å²) in [7, 11) is 0. The summed E-state index contributed by atoms with van der Waals surface area (Å²) in [6.07, 6.45) is 8.86. The Balaban J connectivity index is 1.14. The fourth-order valence-electron chi connectivity index (χ4n) is 5.70. The summed E-state index contributed by atoms with van der Waals surface area (Å²) in [5, 5.41) is 0. The first-order valence-electron chi connectivity index (χ1n) is 14.4. The van der Waals surface area contributed by atoms with E-state index in [9.17, 15) is 0 Å². The number of pyridine rings is 2. The highest BCUT2D eigenvalue weighted by molar-refractivity contribution is 9.10. The molecule has 42 heavy (non-hydrogen) atoms. The maximum Gasteiger partial charge on any atom is 0.173 e. The molecule has 0 aliphatic carbocycles. The van der Waals surface area contributed by atoms with Crippen LogP contribution in [0.4, 0.5) is 0 Å². The van der Waals surface area contributed by atoms with Gasteiger partial charge in [-0.15, -0.1) is 0 Å². The molecule has 206 valence electrons. The quantitative estimate of drug-likeness (QED) is 0.159. The van der Waals surface area contributed by atoms with Crippen molar-refractivity contribution in [3.05, 3.63) is 166 Å². The molecule has 3 heteroatoms. The molecular weight excluding hydrogens is 576 g/mol. The molecule has 0 aliphatic rings. The van der Waals surface area contributed by atoms with Crippen LogP contribution in [0.15, 0.2) is 138 Å². The fourth-order valence-corrected chi connectivity index (χ4v) is 5.96. The molecule has 6 rings (SSSR count). The van der Waals surface area contributed by atoms with Crippen molar-refractivity contribution in [1.29, 1.82) is 0 Å². The average Bonchev–Trinajstić information content (AvgIpc) is 3.00. The van der Waals surface area contributed by atoms with Gasteiger partial charge < -0.3 is 0 Å². The maximum atomic E-state index is 3.52. The predicted octanol–water partition coefficient (Wildman–Crippen LogP) is 9.05. The minimum atomic E-state index is 0.850. The summed E-state index contributed by atoms with van der Waals surface area (Å²) >= 11 is 3.52. The largest absolute Gasteiger partial charge is 0.200 e. The van der Waals surface area contributed by atoms with Crippen molar-refractivity contribution in [1.82, 2.24) is 0 Å². The zero-order valence-electron chi connectivity index (χ0n) is 24.4. The molecule has 6 aromatic rings. The van der Waals surface area contributed by atoms with E-state index in [4.69, 9.17) is 0 Å². The smallest absolute Gasteiger partial charge is 0.173 e. The van der Waals surface area contributed by atoms with E-state index < -0.39 is 0 Å². The second-order valence-corrected chi connectivity index (χ2v) is 12.1. The van der Waals surface area contributed by atoms with Gasteiger partial charge in [0, 0.05) is 38.9 Å². The van der Waals surface area contributed by atoms with Crippen LogP contribution in [0.3, 0.4) is 0 Å². The van der Waals surface area contributed by atoms with Crippen LogP contribution < -0.4 is 9.13 Å². The van der Waals surface area contributed by atoms with Crippen molar-refractivity contribution < 1.29 is 9.13 Å². The Bertz CT molecular complexity index is 1840. The normalized spacial score (nSPS) is 11.0. The van der Waals surface area contributed by atoms with E-state index in [1.807, 2.05) is 0 Å². The Kier molecular flexibility index (Phi) is 8.12. The summed E-state index contributed by atoms with van der Waals surface area (Å²) in [5.74, 6) is 0. The number of halogens is 1. The number of hydrogen-bond donors (Lipinski definition) is 0. The Morgan fingerprint density at radius 1 is 0.452 bits per heavy atom. The van der Waals surface area contributed by atoms with Crippen molar-refractivity contribution in [2.45, 2.75) is 33.9 Å². The van der Waals surface area contributed by atoms with Crippen LogP contribution in [0.2, 0.25) is 0 Å². The van der Waals surface area contributed by atoms with Gasteiger partial charge in [0.25, 0.3) is 0 Å². The molecule has 0 saturated carbocycles. The average molecular weight is 612 g/mol. The van der Waals surface area contributed by atoms with E-state index in [0.717, 1.165) is 17.6 Å². The van der Waals surface area contributed by atoms with Crippen LogP contribution in [-0.2, 0) is 13.1 Å². The van der Waals surface area contributed by atoms with Gasteiger partial charge in [-0.25, -0.2) is 9.13 Å². The van der Waals surface area contributed by atoms with Gasteiger partial charge in [-0.3, -0.25) is 0 Å². The minimum absolute atomic E-state index is 0.850. The summed E-state index contributed by atoms with van der Waals surface area (Å²) in [5.41, 5.74) is 14.0. The fraction of sp³-hybridized carbons (Fsp3) is 0.128. The third-order valence-electron chi connectivity index (χ3n) is 7.99. The van der Waals surface area contributed by atoms with Gasteiger partial charge in [0.1, 0.15) is 0 Å². The third kappa shape index (κ3) is 6.27. The van der Waals surface area contributed by atoms with Crippen molar-refractivity contribution in [2.24, 2.45) is 0 Å². The summed E-state index contributed by atoms with van der Waals surface area (Å²) in [6.45, 7) is 8.27. The van der Waals surface area contributed by atoms with E-state index in [0.29, 0.717) is 0 Å². The van der Waals surface area contributed by atoms with Gasteiger partial charge in [-0.1, -0.05) is 101 Å². The maximum absolute atomic E-state index is 3.52. The zero-order chi connectivity index (χ0) is 29.1. The van der Waals surface area contributed by atoms with E-state index in [1.165, 1.54) is 61.2 Å². The lowest BCUT2D eigenvalue weighted by Crippen LogP contribution is -2.33. The third-order valence-corrected chi connectivity index (χ3v) is 8.52. The number of benzene rings is 4. The van der Waals surface area contributed by atoms with Crippen LogP contribution in [0, 0.1) is 20.8 Å². The topological polar surface area (TPSA) is 7.76 Å². The molecule has 0 unspecified atom stereocenters. The van der Waals surface area contributed by atoms with Crippen LogP contribution in [0.1, 0.15) is 27.8 Å². The number of hydrogen-bond acceptors (Lipinski definition) is 0. The second-order valence-electron chi connectivity index (χ2n) is 11.1. The molecule has 0 aliphatic heterocycles. The summed E-state index contributed by atoms with van der Waals surface area (Å²) < 4.78 is 5.63. The van der Waals surface area contributed by atoms with E-state index in [2.05, 4.69) is 180 Å². The first-order valence-corrected chi connectivity index (χ1v) is 15.2. The zero-order valence-corrected chi connectivity index (χ0v) is 26.0. The highest BCUT2D eigenvalue weighted by Crippen LogP contribution is 2.28. The Morgan fingerprint density at radius 2 is 0.857 bits per heavy atom. The molecule has 0 amide bonds. The first kappa shape index (κ1) is 27.8. The molecule has 0 spiro atoms. The summed E-state index contributed by atoms with van der Waals surface area (Å²) in [4.78, 5) is 0. The van der Waals surface area contributed by atoms with E-state index >= 15 is 0 Å². The molecular formula is C39H35BrN2+2. The number of nitrogens with zero attached hydrogens (tertiary/aromatic N) is 2. The molecule has 2 aromatic heterocycles. The van der Waals surface area contributed by atoms with Crippen LogP contribution in [-0.4, -0.2) is 0 Å². The molecule has 0 fully saturated rings. The molecule has 0 radical (unpaired) electrons. The summed E-state index contributed by atoms with van der Waals surface area (Å²) in [6, 6.07) is 39.5.